The zero-order valence-corrected chi connectivity index (χ0v) is 9.69. The monoisotopic (exact) mass is 207 g/mol. The Balaban J connectivity index is 2.08. The molecule has 1 aliphatic rings. The molecule has 84 valence electrons. The van der Waals surface area contributed by atoms with Gasteiger partial charge in [-0.15, -0.1) is 0 Å². The zero-order chi connectivity index (χ0) is 10.8. The normalized spacial score (nSPS) is 27.2. The Kier molecular flexibility index (Phi) is 3.10. The Labute approximate surface area is 91.7 Å². The highest BCUT2D eigenvalue weighted by Gasteiger charge is 2.21. The molecule has 3 nitrogen and oxygen atoms in total. The van der Waals surface area contributed by atoms with Gasteiger partial charge >= 0.3 is 0 Å². The second kappa shape index (κ2) is 4.35. The van der Waals surface area contributed by atoms with Crippen molar-refractivity contribution in [2.24, 2.45) is 5.73 Å². The molecular weight excluding hydrogens is 186 g/mol. The van der Waals surface area contributed by atoms with Gasteiger partial charge in [0.25, 0.3) is 0 Å². The van der Waals surface area contributed by atoms with Crippen LogP contribution in [0.5, 0.6) is 0 Å². The molecule has 0 radical (unpaired) electrons. The van der Waals surface area contributed by atoms with Crippen LogP contribution in [0.4, 0.5) is 0 Å². The molecule has 3 heteroatoms. The second-order valence-corrected chi connectivity index (χ2v) is 4.99. The molecule has 0 amide bonds. The maximum atomic E-state index is 5.99. The van der Waals surface area contributed by atoms with Gasteiger partial charge < -0.3 is 5.73 Å². The van der Waals surface area contributed by atoms with Gasteiger partial charge in [0, 0.05) is 12.2 Å². The SMILES string of the molecule is CC(C)c1cnn(C2CCCC(N)C2)c1. The number of rotatable bonds is 2. The minimum absolute atomic E-state index is 0.371. The summed E-state index contributed by atoms with van der Waals surface area (Å²) in [5, 5.41) is 4.46. The van der Waals surface area contributed by atoms with Gasteiger partial charge in [0.15, 0.2) is 0 Å². The fraction of sp³-hybridized carbons (Fsp3) is 0.750. The van der Waals surface area contributed by atoms with Gasteiger partial charge in [0.2, 0.25) is 0 Å². The summed E-state index contributed by atoms with van der Waals surface area (Å²) in [6, 6.07) is 0.900. The molecule has 0 spiro atoms. The molecule has 15 heavy (non-hydrogen) atoms. The van der Waals surface area contributed by atoms with Crippen molar-refractivity contribution in [1.82, 2.24) is 9.78 Å². The lowest BCUT2D eigenvalue weighted by Gasteiger charge is -2.26. The number of nitrogens with two attached hydrogens (primary N) is 1. The van der Waals surface area contributed by atoms with Gasteiger partial charge in [-0.3, -0.25) is 4.68 Å². The van der Waals surface area contributed by atoms with Crippen LogP contribution in [0.15, 0.2) is 12.4 Å². The molecule has 0 aromatic carbocycles. The van der Waals surface area contributed by atoms with Crippen molar-refractivity contribution in [2.75, 3.05) is 0 Å². The minimum atomic E-state index is 0.371. The van der Waals surface area contributed by atoms with E-state index in [2.05, 4.69) is 29.8 Å². The predicted octanol–water partition coefficient (Wildman–Crippen LogP) is 2.45. The van der Waals surface area contributed by atoms with E-state index in [1.807, 2.05) is 6.20 Å². The highest BCUT2D eigenvalue weighted by Crippen LogP contribution is 2.27. The zero-order valence-electron chi connectivity index (χ0n) is 9.69. The Morgan fingerprint density at radius 1 is 1.47 bits per heavy atom. The van der Waals surface area contributed by atoms with Gasteiger partial charge in [-0.05, 0) is 37.2 Å². The number of aromatic nitrogens is 2. The van der Waals surface area contributed by atoms with Crippen molar-refractivity contribution >= 4 is 0 Å². The van der Waals surface area contributed by atoms with Crippen LogP contribution in [-0.2, 0) is 0 Å². The van der Waals surface area contributed by atoms with E-state index in [1.54, 1.807) is 0 Å². The van der Waals surface area contributed by atoms with Crippen molar-refractivity contribution in [2.45, 2.75) is 57.5 Å². The molecule has 1 heterocycles. The van der Waals surface area contributed by atoms with E-state index in [-0.39, 0.29) is 0 Å². The van der Waals surface area contributed by atoms with Gasteiger partial charge in [0.1, 0.15) is 0 Å². The fourth-order valence-corrected chi connectivity index (χ4v) is 2.29. The topological polar surface area (TPSA) is 43.8 Å². The van der Waals surface area contributed by atoms with Crippen molar-refractivity contribution in [3.05, 3.63) is 18.0 Å². The molecule has 2 rings (SSSR count). The quantitative estimate of drug-likeness (QED) is 0.809. The predicted molar refractivity (Wildman–Crippen MR) is 61.8 cm³/mol. The third kappa shape index (κ3) is 2.40. The van der Waals surface area contributed by atoms with Crippen LogP contribution in [0.1, 0.15) is 57.1 Å². The van der Waals surface area contributed by atoms with Crippen molar-refractivity contribution < 1.29 is 0 Å². The van der Waals surface area contributed by atoms with Crippen LogP contribution in [0, 0.1) is 0 Å². The van der Waals surface area contributed by atoms with Crippen LogP contribution in [0.2, 0.25) is 0 Å². The summed E-state index contributed by atoms with van der Waals surface area (Å²) in [5.74, 6) is 0.566. The number of nitrogens with zero attached hydrogens (tertiary/aromatic N) is 2. The van der Waals surface area contributed by atoms with Crippen molar-refractivity contribution in [1.29, 1.82) is 0 Å². The molecule has 1 fully saturated rings. The molecular formula is C12H21N3. The molecule has 2 N–H and O–H groups in total. The van der Waals surface area contributed by atoms with Crippen molar-refractivity contribution in [3.8, 4) is 0 Å². The first kappa shape index (κ1) is 10.7. The van der Waals surface area contributed by atoms with Crippen LogP contribution in [-0.4, -0.2) is 15.8 Å². The molecule has 0 bridgehead atoms. The summed E-state index contributed by atoms with van der Waals surface area (Å²) < 4.78 is 2.12. The molecule has 1 aromatic rings. The van der Waals surface area contributed by atoms with E-state index in [9.17, 15) is 0 Å². The van der Waals surface area contributed by atoms with E-state index in [0.717, 1.165) is 6.42 Å². The molecule has 1 aliphatic carbocycles. The molecule has 1 saturated carbocycles. The van der Waals surface area contributed by atoms with Gasteiger partial charge in [-0.25, -0.2) is 0 Å². The summed E-state index contributed by atoms with van der Waals surface area (Å²) in [6.07, 6.45) is 8.90. The lowest BCUT2D eigenvalue weighted by molar-refractivity contribution is 0.300. The lowest BCUT2D eigenvalue weighted by atomic mass is 9.92. The van der Waals surface area contributed by atoms with E-state index < -0.39 is 0 Å². The Morgan fingerprint density at radius 3 is 2.87 bits per heavy atom. The highest BCUT2D eigenvalue weighted by atomic mass is 15.3. The first-order chi connectivity index (χ1) is 7.16. The summed E-state index contributed by atoms with van der Waals surface area (Å²) in [7, 11) is 0. The van der Waals surface area contributed by atoms with Gasteiger partial charge in [-0.1, -0.05) is 13.8 Å². The van der Waals surface area contributed by atoms with Gasteiger partial charge in [0.05, 0.1) is 12.2 Å². The summed E-state index contributed by atoms with van der Waals surface area (Å²) in [5.41, 5.74) is 7.32. The smallest absolute Gasteiger partial charge is 0.0534 e. The second-order valence-electron chi connectivity index (χ2n) is 4.99. The molecule has 2 atom stereocenters. The average Bonchev–Trinajstić information content (AvgIpc) is 2.66. The lowest BCUT2D eigenvalue weighted by Crippen LogP contribution is -2.29. The van der Waals surface area contributed by atoms with Crippen LogP contribution in [0.3, 0.4) is 0 Å². The first-order valence-corrected chi connectivity index (χ1v) is 5.96. The maximum absolute atomic E-state index is 5.99. The molecule has 2 unspecified atom stereocenters. The Morgan fingerprint density at radius 2 is 2.27 bits per heavy atom. The standard InChI is InChI=1S/C12H21N3/c1-9(2)10-7-14-15(8-10)12-5-3-4-11(13)6-12/h7-9,11-12H,3-6,13H2,1-2H3. The van der Waals surface area contributed by atoms with E-state index in [0.29, 0.717) is 18.0 Å². The van der Waals surface area contributed by atoms with Crippen LogP contribution in [0.25, 0.3) is 0 Å². The number of hydrogen-bond acceptors (Lipinski definition) is 2. The number of hydrogen-bond donors (Lipinski definition) is 1. The third-order valence-corrected chi connectivity index (χ3v) is 3.35. The maximum Gasteiger partial charge on any atom is 0.0534 e. The molecule has 0 saturated heterocycles. The van der Waals surface area contributed by atoms with Crippen LogP contribution >= 0.6 is 0 Å². The fourth-order valence-electron chi connectivity index (χ4n) is 2.29. The van der Waals surface area contributed by atoms with Crippen LogP contribution < -0.4 is 5.73 Å². The van der Waals surface area contributed by atoms with Gasteiger partial charge in [-0.2, -0.15) is 5.10 Å². The minimum Gasteiger partial charge on any atom is -0.328 e. The molecule has 1 aromatic heterocycles. The third-order valence-electron chi connectivity index (χ3n) is 3.35. The van der Waals surface area contributed by atoms with E-state index >= 15 is 0 Å². The molecule has 0 aliphatic heterocycles. The first-order valence-electron chi connectivity index (χ1n) is 5.96. The summed E-state index contributed by atoms with van der Waals surface area (Å²) >= 11 is 0. The largest absolute Gasteiger partial charge is 0.328 e. The summed E-state index contributed by atoms with van der Waals surface area (Å²) in [6.45, 7) is 4.40. The highest BCUT2D eigenvalue weighted by molar-refractivity contribution is 5.09. The van der Waals surface area contributed by atoms with E-state index in [4.69, 9.17) is 5.73 Å². The summed E-state index contributed by atoms with van der Waals surface area (Å²) in [4.78, 5) is 0. The average molecular weight is 207 g/mol. The Bertz CT molecular complexity index is 316. The Hall–Kier alpha value is -0.830. The van der Waals surface area contributed by atoms with Crippen molar-refractivity contribution in [3.63, 3.8) is 0 Å². The van der Waals surface area contributed by atoms with E-state index in [1.165, 1.54) is 24.8 Å².